The number of nitrogens with zero attached hydrogens (tertiary/aromatic N) is 5. The molecular weight excluding hydrogens is 384 g/mol. The molecule has 0 bridgehead atoms. The molecule has 7 nitrogen and oxygen atoms in total. The van der Waals surface area contributed by atoms with Gasteiger partial charge >= 0.3 is 0 Å². The van der Waals surface area contributed by atoms with Gasteiger partial charge in [-0.15, -0.1) is 10.2 Å². The van der Waals surface area contributed by atoms with Crippen LogP contribution in [0.2, 0.25) is 0 Å². The van der Waals surface area contributed by atoms with Crippen LogP contribution in [-0.2, 0) is 4.79 Å². The minimum atomic E-state index is 0.122. The highest BCUT2D eigenvalue weighted by molar-refractivity contribution is 7.17. The summed E-state index contributed by atoms with van der Waals surface area (Å²) in [6.07, 6.45) is 10.8. The zero-order valence-corrected chi connectivity index (χ0v) is 18.1. The minimum absolute atomic E-state index is 0.122. The Morgan fingerprint density at radius 2 is 1.86 bits per heavy atom. The molecule has 1 atom stereocenters. The monoisotopic (exact) mass is 416 g/mol. The Kier molecular flexibility index (Phi) is 6.82. The van der Waals surface area contributed by atoms with E-state index in [2.05, 4.69) is 32.2 Å². The second-order valence-electron chi connectivity index (χ2n) is 8.24. The molecule has 0 spiro atoms. The molecule has 4 heterocycles. The molecule has 0 radical (unpaired) electrons. The van der Waals surface area contributed by atoms with Crippen LogP contribution < -0.4 is 10.2 Å². The number of carbonyl (C=O) groups is 1. The van der Waals surface area contributed by atoms with E-state index in [-0.39, 0.29) is 11.8 Å². The van der Waals surface area contributed by atoms with E-state index < -0.39 is 0 Å². The van der Waals surface area contributed by atoms with E-state index in [4.69, 9.17) is 0 Å². The van der Waals surface area contributed by atoms with Gasteiger partial charge in [-0.25, -0.2) is 0 Å². The smallest absolute Gasteiger partial charge is 0.223 e. The molecule has 2 aromatic rings. The first kappa shape index (κ1) is 20.3. The van der Waals surface area contributed by atoms with Crippen molar-refractivity contribution in [2.75, 3.05) is 37.6 Å². The van der Waals surface area contributed by atoms with Gasteiger partial charge in [0.15, 0.2) is 0 Å². The van der Waals surface area contributed by atoms with E-state index in [1.165, 1.54) is 25.8 Å². The normalized spacial score (nSPS) is 21.4. The van der Waals surface area contributed by atoms with Gasteiger partial charge in [0.2, 0.25) is 16.2 Å². The molecule has 0 unspecified atom stereocenters. The van der Waals surface area contributed by atoms with Gasteiger partial charge < -0.3 is 15.1 Å². The lowest BCUT2D eigenvalue weighted by atomic mass is 9.96. The zero-order chi connectivity index (χ0) is 20.1. The van der Waals surface area contributed by atoms with Gasteiger partial charge in [-0.05, 0) is 57.7 Å². The van der Waals surface area contributed by atoms with Crippen LogP contribution in [0.25, 0.3) is 5.13 Å². The van der Waals surface area contributed by atoms with Gasteiger partial charge in [-0.3, -0.25) is 9.36 Å². The lowest BCUT2D eigenvalue weighted by Crippen LogP contribution is -2.42. The van der Waals surface area contributed by atoms with Crippen LogP contribution in [0, 0.1) is 5.92 Å². The molecule has 0 aliphatic carbocycles. The first-order valence-corrected chi connectivity index (χ1v) is 11.8. The molecule has 1 amide bonds. The summed E-state index contributed by atoms with van der Waals surface area (Å²) in [6.45, 7) is 7.16. The molecule has 0 saturated carbocycles. The summed E-state index contributed by atoms with van der Waals surface area (Å²) >= 11 is 1.60. The van der Waals surface area contributed by atoms with E-state index in [0.29, 0.717) is 6.04 Å². The number of likely N-dealkylation sites (tertiary alicyclic amines) is 1. The molecule has 1 N–H and O–H groups in total. The highest BCUT2D eigenvalue weighted by Gasteiger charge is 2.26. The van der Waals surface area contributed by atoms with Crippen LogP contribution in [0.1, 0.15) is 45.4 Å². The van der Waals surface area contributed by atoms with Gasteiger partial charge in [0.05, 0.1) is 0 Å². The summed E-state index contributed by atoms with van der Waals surface area (Å²) in [5.41, 5.74) is 0. The largest absolute Gasteiger partial charge is 0.356 e. The summed E-state index contributed by atoms with van der Waals surface area (Å²) in [6, 6.07) is 4.67. The van der Waals surface area contributed by atoms with Crippen LogP contribution in [-0.4, -0.2) is 64.3 Å². The SMILES string of the molecule is C[C@@H]1CCCCN1CCCNC(=O)C1CCN(c2nnc(-n3cccc3)s2)CC1. The number of anilines is 1. The zero-order valence-electron chi connectivity index (χ0n) is 17.3. The molecule has 8 heteroatoms. The van der Waals surface area contributed by atoms with Crippen molar-refractivity contribution in [1.82, 2.24) is 25.0 Å². The van der Waals surface area contributed by atoms with Crippen LogP contribution in [0.3, 0.4) is 0 Å². The maximum atomic E-state index is 12.5. The molecule has 2 aliphatic rings. The van der Waals surface area contributed by atoms with Crippen molar-refractivity contribution in [3.8, 4) is 5.13 Å². The number of hydrogen-bond donors (Lipinski definition) is 1. The number of nitrogens with one attached hydrogen (secondary N) is 1. The maximum Gasteiger partial charge on any atom is 0.223 e. The van der Waals surface area contributed by atoms with Gasteiger partial charge in [0.1, 0.15) is 0 Å². The van der Waals surface area contributed by atoms with Crippen molar-refractivity contribution < 1.29 is 4.79 Å². The summed E-state index contributed by atoms with van der Waals surface area (Å²) in [7, 11) is 0. The fourth-order valence-corrected chi connectivity index (χ4v) is 5.23. The number of hydrogen-bond acceptors (Lipinski definition) is 6. The molecule has 29 heavy (non-hydrogen) atoms. The van der Waals surface area contributed by atoms with Gasteiger partial charge in [0.25, 0.3) is 0 Å². The number of rotatable bonds is 7. The summed E-state index contributed by atoms with van der Waals surface area (Å²) in [5, 5.41) is 13.6. The molecule has 2 aromatic heterocycles. The quantitative estimate of drug-likeness (QED) is 0.703. The second kappa shape index (κ2) is 9.71. The molecular formula is C21H32N6OS. The summed E-state index contributed by atoms with van der Waals surface area (Å²) in [5.74, 6) is 0.346. The van der Waals surface area contributed by atoms with Crippen LogP contribution in [0.4, 0.5) is 5.13 Å². The third kappa shape index (κ3) is 5.17. The average molecular weight is 417 g/mol. The predicted octanol–water partition coefficient (Wildman–Crippen LogP) is 2.93. The van der Waals surface area contributed by atoms with Crippen molar-refractivity contribution in [2.45, 2.75) is 51.5 Å². The third-order valence-electron chi connectivity index (χ3n) is 6.23. The lowest BCUT2D eigenvalue weighted by Gasteiger charge is -2.33. The van der Waals surface area contributed by atoms with Crippen molar-refractivity contribution in [1.29, 1.82) is 0 Å². The van der Waals surface area contributed by atoms with Gasteiger partial charge in [0, 0.05) is 50.5 Å². The molecule has 158 valence electrons. The Morgan fingerprint density at radius 3 is 2.62 bits per heavy atom. The fraction of sp³-hybridized carbons (Fsp3) is 0.667. The first-order valence-electron chi connectivity index (χ1n) is 10.9. The highest BCUT2D eigenvalue weighted by Crippen LogP contribution is 2.27. The average Bonchev–Trinajstić information content (AvgIpc) is 3.44. The predicted molar refractivity (Wildman–Crippen MR) is 117 cm³/mol. The number of carbonyl (C=O) groups excluding carboxylic acids is 1. The van der Waals surface area contributed by atoms with E-state index in [0.717, 1.165) is 55.7 Å². The van der Waals surface area contributed by atoms with Gasteiger partial charge in [-0.2, -0.15) is 0 Å². The molecule has 2 saturated heterocycles. The summed E-state index contributed by atoms with van der Waals surface area (Å²) in [4.78, 5) is 17.4. The second-order valence-corrected chi connectivity index (χ2v) is 9.18. The first-order chi connectivity index (χ1) is 14.2. The topological polar surface area (TPSA) is 66.3 Å². The number of aromatic nitrogens is 3. The summed E-state index contributed by atoms with van der Waals surface area (Å²) < 4.78 is 1.98. The Bertz CT molecular complexity index is 768. The highest BCUT2D eigenvalue weighted by atomic mass is 32.1. The van der Waals surface area contributed by atoms with E-state index in [9.17, 15) is 4.79 Å². The minimum Gasteiger partial charge on any atom is -0.356 e. The Balaban J connectivity index is 1.17. The Hall–Kier alpha value is -1.93. The van der Waals surface area contributed by atoms with Crippen LogP contribution >= 0.6 is 11.3 Å². The standard InChI is InChI=1S/C21H32N6OS/c1-17-7-2-3-11-25(17)14-6-10-22-19(28)18-8-15-27(16-9-18)21-24-23-20(29-21)26-12-4-5-13-26/h4-5,12-13,17-18H,2-3,6-11,14-16H2,1H3,(H,22,28)/t17-/m1/s1. The van der Waals surface area contributed by atoms with Crippen molar-refractivity contribution in [2.24, 2.45) is 5.92 Å². The Labute approximate surface area is 177 Å². The lowest BCUT2D eigenvalue weighted by molar-refractivity contribution is -0.125. The number of amides is 1. The van der Waals surface area contributed by atoms with E-state index in [1.54, 1.807) is 11.3 Å². The Morgan fingerprint density at radius 1 is 1.10 bits per heavy atom. The van der Waals surface area contributed by atoms with E-state index in [1.807, 2.05) is 29.1 Å². The van der Waals surface area contributed by atoms with Crippen LogP contribution in [0.15, 0.2) is 24.5 Å². The molecule has 0 aromatic carbocycles. The molecule has 4 rings (SSSR count). The third-order valence-corrected chi connectivity index (χ3v) is 7.22. The van der Waals surface area contributed by atoms with Crippen molar-refractivity contribution >= 4 is 22.4 Å². The number of piperidine rings is 2. The van der Waals surface area contributed by atoms with E-state index >= 15 is 0 Å². The van der Waals surface area contributed by atoms with Gasteiger partial charge in [-0.1, -0.05) is 17.8 Å². The van der Waals surface area contributed by atoms with Crippen molar-refractivity contribution in [3.63, 3.8) is 0 Å². The fourth-order valence-electron chi connectivity index (χ4n) is 4.36. The molecule has 2 aliphatic heterocycles. The van der Waals surface area contributed by atoms with Crippen LogP contribution in [0.5, 0.6) is 0 Å². The maximum absolute atomic E-state index is 12.5. The molecule has 2 fully saturated rings. The van der Waals surface area contributed by atoms with Crippen molar-refractivity contribution in [3.05, 3.63) is 24.5 Å².